The Morgan fingerprint density at radius 2 is 2.11 bits per heavy atom. The van der Waals surface area contributed by atoms with E-state index in [0.717, 1.165) is 18.9 Å². The van der Waals surface area contributed by atoms with Gasteiger partial charge in [-0.25, -0.2) is 17.5 Å². The molecular formula is C13H19FN2O2S. The van der Waals surface area contributed by atoms with E-state index < -0.39 is 15.8 Å². The van der Waals surface area contributed by atoms with E-state index in [2.05, 4.69) is 4.72 Å². The molecule has 0 spiro atoms. The summed E-state index contributed by atoms with van der Waals surface area (Å²) >= 11 is 0. The SMILES string of the molecule is Cc1cc(F)c(S(=O)(=O)NCC(C)C2CC2)cc1N. The topological polar surface area (TPSA) is 72.2 Å². The first-order valence-corrected chi connectivity index (χ1v) is 7.85. The Bertz CT molecular complexity index is 583. The van der Waals surface area contributed by atoms with E-state index in [9.17, 15) is 12.8 Å². The monoisotopic (exact) mass is 286 g/mol. The van der Waals surface area contributed by atoms with Crippen molar-refractivity contribution in [3.05, 3.63) is 23.5 Å². The molecule has 4 nitrogen and oxygen atoms in total. The summed E-state index contributed by atoms with van der Waals surface area (Å²) in [6, 6.07) is 2.32. The van der Waals surface area contributed by atoms with Crippen LogP contribution in [0.1, 0.15) is 25.3 Å². The zero-order valence-corrected chi connectivity index (χ0v) is 11.9. The molecular weight excluding hydrogens is 267 g/mol. The van der Waals surface area contributed by atoms with Gasteiger partial charge in [0, 0.05) is 12.2 Å². The fraction of sp³-hybridized carbons (Fsp3) is 0.538. The Kier molecular flexibility index (Phi) is 3.82. The number of anilines is 1. The lowest BCUT2D eigenvalue weighted by atomic mass is 10.1. The number of rotatable bonds is 5. The van der Waals surface area contributed by atoms with Crippen LogP contribution in [-0.4, -0.2) is 15.0 Å². The van der Waals surface area contributed by atoms with Crippen molar-refractivity contribution >= 4 is 15.7 Å². The predicted octanol–water partition coefficient (Wildman–Crippen LogP) is 2.04. The number of benzene rings is 1. The van der Waals surface area contributed by atoms with Crippen LogP contribution in [-0.2, 0) is 10.0 Å². The zero-order valence-electron chi connectivity index (χ0n) is 11.1. The van der Waals surface area contributed by atoms with Gasteiger partial charge >= 0.3 is 0 Å². The molecule has 1 saturated carbocycles. The molecule has 1 aliphatic carbocycles. The Morgan fingerprint density at radius 3 is 2.68 bits per heavy atom. The van der Waals surface area contributed by atoms with Gasteiger partial charge in [0.25, 0.3) is 0 Å². The fourth-order valence-corrected chi connectivity index (χ4v) is 3.26. The Hall–Kier alpha value is -1.14. The average molecular weight is 286 g/mol. The van der Waals surface area contributed by atoms with Crippen molar-refractivity contribution in [1.82, 2.24) is 4.72 Å². The van der Waals surface area contributed by atoms with Gasteiger partial charge in [-0.2, -0.15) is 0 Å². The summed E-state index contributed by atoms with van der Waals surface area (Å²) in [5, 5.41) is 0. The van der Waals surface area contributed by atoms with E-state index in [4.69, 9.17) is 5.73 Å². The largest absolute Gasteiger partial charge is 0.398 e. The van der Waals surface area contributed by atoms with Crippen LogP contribution in [0.2, 0.25) is 0 Å². The molecule has 0 radical (unpaired) electrons. The van der Waals surface area contributed by atoms with Crippen LogP contribution in [0.3, 0.4) is 0 Å². The second-order valence-corrected chi connectivity index (χ2v) is 7.04. The van der Waals surface area contributed by atoms with Crippen molar-refractivity contribution in [2.24, 2.45) is 11.8 Å². The van der Waals surface area contributed by atoms with Crippen molar-refractivity contribution in [3.8, 4) is 0 Å². The van der Waals surface area contributed by atoms with E-state index in [1.165, 1.54) is 6.07 Å². The van der Waals surface area contributed by atoms with Crippen LogP contribution in [0.5, 0.6) is 0 Å². The van der Waals surface area contributed by atoms with Crippen molar-refractivity contribution in [2.45, 2.75) is 31.6 Å². The first-order valence-electron chi connectivity index (χ1n) is 6.36. The highest BCUT2D eigenvalue weighted by Gasteiger charge is 2.29. The van der Waals surface area contributed by atoms with Crippen LogP contribution in [0.15, 0.2) is 17.0 Å². The van der Waals surface area contributed by atoms with Gasteiger partial charge in [-0.3, -0.25) is 0 Å². The summed E-state index contributed by atoms with van der Waals surface area (Å²) in [4.78, 5) is -0.376. The van der Waals surface area contributed by atoms with Gasteiger partial charge in [0.15, 0.2) is 0 Å². The number of halogens is 1. The summed E-state index contributed by atoms with van der Waals surface area (Å²) in [6.45, 7) is 3.97. The number of hydrogen-bond acceptors (Lipinski definition) is 3. The van der Waals surface area contributed by atoms with E-state index in [1.807, 2.05) is 6.92 Å². The second-order valence-electron chi connectivity index (χ2n) is 5.31. The van der Waals surface area contributed by atoms with Gasteiger partial charge in [0.2, 0.25) is 10.0 Å². The lowest BCUT2D eigenvalue weighted by molar-refractivity contribution is 0.489. The number of nitrogens with one attached hydrogen (secondary N) is 1. The van der Waals surface area contributed by atoms with Crippen LogP contribution in [0.25, 0.3) is 0 Å². The maximum atomic E-state index is 13.7. The van der Waals surface area contributed by atoms with Gasteiger partial charge < -0.3 is 5.73 Å². The molecule has 2 rings (SSSR count). The molecule has 19 heavy (non-hydrogen) atoms. The minimum atomic E-state index is -3.84. The molecule has 1 fully saturated rings. The van der Waals surface area contributed by atoms with Gasteiger partial charge in [-0.05, 0) is 49.3 Å². The first kappa shape index (κ1) is 14.3. The minimum Gasteiger partial charge on any atom is -0.398 e. The molecule has 0 amide bonds. The third-order valence-corrected chi connectivity index (χ3v) is 5.07. The lowest BCUT2D eigenvalue weighted by Crippen LogP contribution is -2.30. The number of nitrogen functional groups attached to an aromatic ring is 1. The highest BCUT2D eigenvalue weighted by Crippen LogP contribution is 2.36. The van der Waals surface area contributed by atoms with Crippen molar-refractivity contribution in [1.29, 1.82) is 0 Å². The summed E-state index contributed by atoms with van der Waals surface area (Å²) in [6.07, 6.45) is 2.30. The first-order chi connectivity index (χ1) is 8.81. The van der Waals surface area contributed by atoms with E-state index in [0.29, 0.717) is 18.0 Å². The smallest absolute Gasteiger partial charge is 0.243 e. The van der Waals surface area contributed by atoms with Gasteiger partial charge in [-0.1, -0.05) is 6.92 Å². The summed E-state index contributed by atoms with van der Waals surface area (Å²) in [5.41, 5.74) is 6.45. The lowest BCUT2D eigenvalue weighted by Gasteiger charge is -2.13. The average Bonchev–Trinajstić information content (AvgIpc) is 3.14. The Labute approximate surface area is 113 Å². The summed E-state index contributed by atoms with van der Waals surface area (Å²) in [5.74, 6) is 0.106. The Balaban J connectivity index is 2.16. The van der Waals surface area contributed by atoms with Crippen molar-refractivity contribution in [3.63, 3.8) is 0 Å². The quantitative estimate of drug-likeness (QED) is 0.814. The zero-order chi connectivity index (χ0) is 14.2. The molecule has 0 heterocycles. The molecule has 0 saturated heterocycles. The second kappa shape index (κ2) is 5.09. The van der Waals surface area contributed by atoms with Crippen LogP contribution >= 0.6 is 0 Å². The molecule has 0 aliphatic heterocycles. The minimum absolute atomic E-state index is 0.275. The molecule has 6 heteroatoms. The van der Waals surface area contributed by atoms with Crippen LogP contribution < -0.4 is 10.5 Å². The number of hydrogen-bond donors (Lipinski definition) is 2. The van der Waals surface area contributed by atoms with Gasteiger partial charge in [-0.15, -0.1) is 0 Å². The molecule has 1 atom stereocenters. The number of aryl methyl sites for hydroxylation is 1. The van der Waals surface area contributed by atoms with Crippen molar-refractivity contribution < 1.29 is 12.8 Å². The fourth-order valence-electron chi connectivity index (χ4n) is 2.03. The molecule has 1 aromatic carbocycles. The highest BCUT2D eigenvalue weighted by atomic mass is 32.2. The molecule has 1 aliphatic rings. The Morgan fingerprint density at radius 1 is 1.47 bits per heavy atom. The number of nitrogens with two attached hydrogens (primary N) is 1. The van der Waals surface area contributed by atoms with Gasteiger partial charge in [0.1, 0.15) is 10.7 Å². The van der Waals surface area contributed by atoms with Crippen molar-refractivity contribution in [2.75, 3.05) is 12.3 Å². The summed E-state index contributed by atoms with van der Waals surface area (Å²) in [7, 11) is -3.84. The van der Waals surface area contributed by atoms with Crippen LogP contribution in [0, 0.1) is 24.6 Å². The predicted molar refractivity (Wildman–Crippen MR) is 72.6 cm³/mol. The number of sulfonamides is 1. The third kappa shape index (κ3) is 3.25. The normalized spacial score (nSPS) is 17.4. The van der Waals surface area contributed by atoms with E-state index in [1.54, 1.807) is 6.92 Å². The molecule has 106 valence electrons. The van der Waals surface area contributed by atoms with E-state index in [-0.39, 0.29) is 16.5 Å². The standard InChI is InChI=1S/C13H19FN2O2S/c1-8-5-11(14)13(6-12(8)15)19(17,18)16-7-9(2)10-3-4-10/h5-6,9-10,16H,3-4,7,15H2,1-2H3. The molecule has 1 aromatic rings. The highest BCUT2D eigenvalue weighted by molar-refractivity contribution is 7.89. The maximum Gasteiger partial charge on any atom is 0.243 e. The molecule has 1 unspecified atom stereocenters. The summed E-state index contributed by atoms with van der Waals surface area (Å²) < 4.78 is 40.3. The third-order valence-electron chi connectivity index (χ3n) is 3.63. The van der Waals surface area contributed by atoms with Gasteiger partial charge in [0.05, 0.1) is 0 Å². The van der Waals surface area contributed by atoms with Crippen LogP contribution in [0.4, 0.5) is 10.1 Å². The molecule has 0 aromatic heterocycles. The molecule has 3 N–H and O–H groups in total. The maximum absolute atomic E-state index is 13.7. The molecule has 0 bridgehead atoms. The van der Waals surface area contributed by atoms with E-state index >= 15 is 0 Å².